The Morgan fingerprint density at radius 3 is 2.40 bits per heavy atom. The molecular weight excluding hydrogens is 318 g/mol. The maximum absolute atomic E-state index is 12.8. The second-order valence-corrected chi connectivity index (χ2v) is 6.50. The minimum absolute atomic E-state index is 0.0663. The molecule has 0 aromatic heterocycles. The van der Waals surface area contributed by atoms with Crippen LogP contribution in [0.1, 0.15) is 39.7 Å². The second kappa shape index (κ2) is 6.08. The fourth-order valence-electron chi connectivity index (χ4n) is 4.10. The molecule has 0 spiro atoms. The Morgan fingerprint density at radius 1 is 1.04 bits per heavy atom. The molecule has 0 radical (unpaired) electrons. The first-order chi connectivity index (χ1) is 12.2. The average molecular weight is 339 g/mol. The van der Waals surface area contributed by atoms with Crippen molar-refractivity contribution in [2.75, 3.05) is 14.2 Å². The molecule has 4 rings (SSSR count). The molecule has 1 aliphatic carbocycles. The summed E-state index contributed by atoms with van der Waals surface area (Å²) in [6.45, 7) is 0. The van der Waals surface area contributed by atoms with Gasteiger partial charge in [0, 0.05) is 28.3 Å². The smallest absolute Gasteiger partial charge is 0.256 e. The van der Waals surface area contributed by atoms with Crippen molar-refractivity contribution < 1.29 is 19.4 Å². The minimum Gasteiger partial charge on any atom is -0.496 e. The van der Waals surface area contributed by atoms with Gasteiger partial charge in [-0.25, -0.2) is 0 Å². The standard InChI is InChI=1S/C20H21NO4/c1-24-17-9-10-18(25-2)16-11-12(7-8-13(16)17)21-19(22)14-5-3-4-6-15(14)20(21)23/h3-6,9-10,12,19,22H,7-8,11H2,1-2H3. The first-order valence-electron chi connectivity index (χ1n) is 8.48. The molecule has 0 fully saturated rings. The summed E-state index contributed by atoms with van der Waals surface area (Å²) in [6, 6.07) is 11.0. The van der Waals surface area contributed by atoms with Crippen LogP contribution in [0.15, 0.2) is 36.4 Å². The molecule has 2 aromatic rings. The Hall–Kier alpha value is -2.53. The Bertz CT molecular complexity index is 832. The van der Waals surface area contributed by atoms with Gasteiger partial charge < -0.3 is 19.5 Å². The third kappa shape index (κ3) is 2.38. The van der Waals surface area contributed by atoms with E-state index in [0.717, 1.165) is 35.5 Å². The van der Waals surface area contributed by atoms with E-state index in [9.17, 15) is 9.90 Å². The summed E-state index contributed by atoms with van der Waals surface area (Å²) in [7, 11) is 3.32. The fourth-order valence-corrected chi connectivity index (χ4v) is 4.10. The van der Waals surface area contributed by atoms with Gasteiger partial charge in [0.1, 0.15) is 11.5 Å². The van der Waals surface area contributed by atoms with Crippen LogP contribution in [0.2, 0.25) is 0 Å². The van der Waals surface area contributed by atoms with Crippen molar-refractivity contribution in [3.05, 3.63) is 58.7 Å². The van der Waals surface area contributed by atoms with Crippen LogP contribution in [0, 0.1) is 0 Å². The van der Waals surface area contributed by atoms with Gasteiger partial charge in [-0.2, -0.15) is 0 Å². The van der Waals surface area contributed by atoms with Crippen LogP contribution in [0.4, 0.5) is 0 Å². The summed E-state index contributed by atoms with van der Waals surface area (Å²) < 4.78 is 11.0. The molecule has 5 heteroatoms. The van der Waals surface area contributed by atoms with Gasteiger partial charge in [-0.1, -0.05) is 18.2 Å². The zero-order valence-corrected chi connectivity index (χ0v) is 14.4. The molecule has 5 nitrogen and oxygen atoms in total. The molecule has 25 heavy (non-hydrogen) atoms. The predicted molar refractivity (Wildman–Crippen MR) is 92.9 cm³/mol. The number of aliphatic hydroxyl groups is 1. The molecule has 0 saturated heterocycles. The highest BCUT2D eigenvalue weighted by molar-refractivity contribution is 5.99. The number of methoxy groups -OCH3 is 2. The number of carbonyl (C=O) groups is 1. The number of hydrogen-bond donors (Lipinski definition) is 1. The molecular formula is C20H21NO4. The van der Waals surface area contributed by atoms with E-state index in [2.05, 4.69) is 0 Å². The zero-order valence-electron chi connectivity index (χ0n) is 14.4. The molecule has 1 aliphatic heterocycles. The van der Waals surface area contributed by atoms with E-state index in [0.29, 0.717) is 17.5 Å². The first kappa shape index (κ1) is 16.0. The lowest BCUT2D eigenvalue weighted by molar-refractivity contribution is -0.00612. The summed E-state index contributed by atoms with van der Waals surface area (Å²) >= 11 is 0. The zero-order chi connectivity index (χ0) is 17.6. The lowest BCUT2D eigenvalue weighted by atomic mass is 9.86. The van der Waals surface area contributed by atoms with Crippen LogP contribution >= 0.6 is 0 Å². The average Bonchev–Trinajstić information content (AvgIpc) is 2.91. The van der Waals surface area contributed by atoms with E-state index in [-0.39, 0.29) is 11.9 Å². The van der Waals surface area contributed by atoms with E-state index in [1.807, 2.05) is 30.3 Å². The van der Waals surface area contributed by atoms with Gasteiger partial charge in [0.15, 0.2) is 6.23 Å². The highest BCUT2D eigenvalue weighted by Crippen LogP contribution is 2.41. The number of benzene rings is 2. The van der Waals surface area contributed by atoms with Crippen molar-refractivity contribution in [1.82, 2.24) is 4.90 Å². The topological polar surface area (TPSA) is 59.0 Å². The summed E-state index contributed by atoms with van der Waals surface area (Å²) in [5.74, 6) is 1.56. The van der Waals surface area contributed by atoms with Crippen molar-refractivity contribution in [3.8, 4) is 11.5 Å². The number of rotatable bonds is 3. The van der Waals surface area contributed by atoms with E-state index < -0.39 is 6.23 Å². The third-order valence-electron chi connectivity index (χ3n) is 5.31. The molecule has 2 unspecified atom stereocenters. The Morgan fingerprint density at radius 2 is 1.72 bits per heavy atom. The van der Waals surface area contributed by atoms with Crippen LogP contribution in [0.5, 0.6) is 11.5 Å². The van der Waals surface area contributed by atoms with Gasteiger partial charge in [0.2, 0.25) is 0 Å². The monoisotopic (exact) mass is 339 g/mol. The number of amides is 1. The molecule has 0 saturated carbocycles. The molecule has 1 heterocycles. The Balaban J connectivity index is 1.69. The predicted octanol–water partition coefficient (Wildman–Crippen LogP) is 2.71. The number of fused-ring (bicyclic) bond motifs is 2. The number of nitrogens with zero attached hydrogens (tertiary/aromatic N) is 1. The maximum Gasteiger partial charge on any atom is 0.256 e. The van der Waals surface area contributed by atoms with Gasteiger partial charge in [-0.15, -0.1) is 0 Å². The van der Waals surface area contributed by atoms with Gasteiger partial charge in [0.25, 0.3) is 5.91 Å². The summed E-state index contributed by atoms with van der Waals surface area (Å²) in [5.41, 5.74) is 3.49. The maximum atomic E-state index is 12.8. The van der Waals surface area contributed by atoms with Gasteiger partial charge >= 0.3 is 0 Å². The normalized spacial score (nSPS) is 21.7. The number of hydrogen-bond acceptors (Lipinski definition) is 4. The lowest BCUT2D eigenvalue weighted by Crippen LogP contribution is -2.42. The fraction of sp³-hybridized carbons (Fsp3) is 0.350. The van der Waals surface area contributed by atoms with Crippen LogP contribution in [-0.2, 0) is 12.8 Å². The first-order valence-corrected chi connectivity index (χ1v) is 8.48. The van der Waals surface area contributed by atoms with E-state index in [1.54, 1.807) is 25.2 Å². The summed E-state index contributed by atoms with van der Waals surface area (Å²) in [4.78, 5) is 14.4. The van der Waals surface area contributed by atoms with Crippen molar-refractivity contribution in [3.63, 3.8) is 0 Å². The molecule has 0 bridgehead atoms. The van der Waals surface area contributed by atoms with Crippen LogP contribution in [-0.4, -0.2) is 36.2 Å². The minimum atomic E-state index is -0.883. The van der Waals surface area contributed by atoms with E-state index in [4.69, 9.17) is 9.47 Å². The Kier molecular flexibility index (Phi) is 3.88. The van der Waals surface area contributed by atoms with Crippen molar-refractivity contribution in [2.24, 2.45) is 0 Å². The number of ether oxygens (including phenoxy) is 2. The second-order valence-electron chi connectivity index (χ2n) is 6.50. The van der Waals surface area contributed by atoms with E-state index in [1.165, 1.54) is 0 Å². The highest BCUT2D eigenvalue weighted by atomic mass is 16.5. The van der Waals surface area contributed by atoms with Crippen molar-refractivity contribution >= 4 is 5.91 Å². The van der Waals surface area contributed by atoms with Gasteiger partial charge in [-0.05, 0) is 37.5 Å². The molecule has 2 atom stereocenters. The van der Waals surface area contributed by atoms with Crippen molar-refractivity contribution in [1.29, 1.82) is 0 Å². The van der Waals surface area contributed by atoms with Crippen molar-refractivity contribution in [2.45, 2.75) is 31.5 Å². The lowest BCUT2D eigenvalue weighted by Gasteiger charge is -2.35. The summed E-state index contributed by atoms with van der Waals surface area (Å²) in [6.07, 6.45) is 1.33. The molecule has 2 aromatic carbocycles. The third-order valence-corrected chi connectivity index (χ3v) is 5.31. The van der Waals surface area contributed by atoms with Crippen LogP contribution in [0.3, 0.4) is 0 Å². The molecule has 1 N–H and O–H groups in total. The number of aliphatic hydroxyl groups excluding tert-OH is 1. The summed E-state index contributed by atoms with van der Waals surface area (Å²) in [5, 5.41) is 10.7. The van der Waals surface area contributed by atoms with Gasteiger partial charge in [0.05, 0.1) is 14.2 Å². The Labute approximate surface area is 146 Å². The number of carbonyl (C=O) groups excluding carboxylic acids is 1. The molecule has 1 amide bonds. The largest absolute Gasteiger partial charge is 0.496 e. The quantitative estimate of drug-likeness (QED) is 0.934. The van der Waals surface area contributed by atoms with Gasteiger partial charge in [-0.3, -0.25) is 4.79 Å². The highest BCUT2D eigenvalue weighted by Gasteiger charge is 2.41. The molecule has 130 valence electrons. The molecule has 2 aliphatic rings. The van der Waals surface area contributed by atoms with E-state index >= 15 is 0 Å². The SMILES string of the molecule is COc1ccc(OC)c2c1CCC(N1C(=O)c3ccccc3C1O)C2. The van der Waals surface area contributed by atoms with Crippen LogP contribution < -0.4 is 9.47 Å². The van der Waals surface area contributed by atoms with Crippen LogP contribution in [0.25, 0.3) is 0 Å².